The first-order valence-corrected chi connectivity index (χ1v) is 12.0. The normalized spacial score (nSPS) is 17.1. The number of carbonyl (C=O) groups excluding carboxylic acids is 1. The molecule has 1 N–H and O–H groups in total. The van der Waals surface area contributed by atoms with Crippen molar-refractivity contribution in [1.29, 1.82) is 5.26 Å². The third-order valence-electron chi connectivity index (χ3n) is 4.23. The summed E-state index contributed by atoms with van der Waals surface area (Å²) in [5, 5.41) is 19.9. The van der Waals surface area contributed by atoms with Crippen molar-refractivity contribution in [3.8, 4) is 6.07 Å². The van der Waals surface area contributed by atoms with Crippen LogP contribution in [0.1, 0.15) is 16.9 Å². The highest BCUT2D eigenvalue weighted by Crippen LogP contribution is 2.37. The maximum Gasteiger partial charge on any atom is 0.318 e. The van der Waals surface area contributed by atoms with Gasteiger partial charge in [-0.3, -0.25) is 9.59 Å². The van der Waals surface area contributed by atoms with Gasteiger partial charge < -0.3 is 10.0 Å². The van der Waals surface area contributed by atoms with Gasteiger partial charge in [0.05, 0.1) is 5.02 Å². The van der Waals surface area contributed by atoms with Crippen molar-refractivity contribution in [2.45, 2.75) is 23.2 Å². The van der Waals surface area contributed by atoms with Crippen molar-refractivity contribution in [3.05, 3.63) is 37.3 Å². The molecule has 2 aromatic rings. The first kappa shape index (κ1) is 22.0. The van der Waals surface area contributed by atoms with E-state index in [2.05, 4.69) is 0 Å². The molecule has 0 saturated carbocycles. The van der Waals surface area contributed by atoms with E-state index in [-0.39, 0.29) is 33.1 Å². The second kappa shape index (κ2) is 8.59. The van der Waals surface area contributed by atoms with Crippen molar-refractivity contribution in [2.24, 2.45) is 0 Å². The van der Waals surface area contributed by atoms with Crippen molar-refractivity contribution in [1.82, 2.24) is 9.21 Å². The summed E-state index contributed by atoms with van der Waals surface area (Å²) < 4.78 is 26.6. The number of thiophene rings is 2. The highest BCUT2D eigenvalue weighted by Gasteiger charge is 2.43. The van der Waals surface area contributed by atoms with E-state index in [0.29, 0.717) is 20.5 Å². The van der Waals surface area contributed by atoms with Crippen LogP contribution in [0.4, 0.5) is 0 Å². The van der Waals surface area contributed by atoms with Gasteiger partial charge in [0.15, 0.2) is 0 Å². The van der Waals surface area contributed by atoms with Crippen molar-refractivity contribution in [3.63, 3.8) is 0 Å². The molecule has 154 valence electrons. The van der Waals surface area contributed by atoms with Gasteiger partial charge in [-0.05, 0) is 29.5 Å². The van der Waals surface area contributed by atoms with E-state index in [1.807, 2.05) is 6.07 Å². The molecular weight excluding hydrogens is 481 g/mol. The van der Waals surface area contributed by atoms with Crippen LogP contribution >= 0.6 is 45.9 Å². The second-order valence-electron chi connectivity index (χ2n) is 6.13. The number of hydrogen-bond donors (Lipinski definition) is 1. The van der Waals surface area contributed by atoms with Crippen LogP contribution in [0.3, 0.4) is 0 Å². The first-order valence-electron chi connectivity index (χ1n) is 8.08. The Morgan fingerprint density at radius 2 is 2.14 bits per heavy atom. The minimum atomic E-state index is -4.30. The molecule has 2 aromatic heterocycles. The molecule has 0 unspecified atom stereocenters. The van der Waals surface area contributed by atoms with E-state index in [9.17, 15) is 23.1 Å². The second-order valence-corrected chi connectivity index (χ2v) is 11.2. The SMILES string of the molecule is N#Cc1cc(CN2CC[C@H](N(CC(=O)O)S(=O)(=O)c3cc(Cl)c(Cl)s3)C2=O)cs1. The lowest BCUT2D eigenvalue weighted by molar-refractivity contribution is -0.138. The minimum Gasteiger partial charge on any atom is -0.480 e. The predicted octanol–water partition coefficient (Wildman–Crippen LogP) is 2.86. The van der Waals surface area contributed by atoms with Gasteiger partial charge in [0.1, 0.15) is 32.1 Å². The number of carboxylic acid groups (broad SMARTS) is 1. The summed E-state index contributed by atoms with van der Waals surface area (Å²) in [6.07, 6.45) is 0.146. The van der Waals surface area contributed by atoms with Crippen LogP contribution in [0.5, 0.6) is 0 Å². The predicted molar refractivity (Wildman–Crippen MR) is 109 cm³/mol. The number of hydrogen-bond acceptors (Lipinski definition) is 7. The Morgan fingerprint density at radius 3 is 2.69 bits per heavy atom. The molecule has 3 heterocycles. The van der Waals surface area contributed by atoms with Gasteiger partial charge >= 0.3 is 5.97 Å². The number of nitriles is 1. The smallest absolute Gasteiger partial charge is 0.318 e. The molecule has 3 rings (SSSR count). The zero-order chi connectivity index (χ0) is 21.3. The highest BCUT2D eigenvalue weighted by atomic mass is 35.5. The largest absolute Gasteiger partial charge is 0.480 e. The number of carbonyl (C=O) groups is 2. The number of halogens is 2. The van der Waals surface area contributed by atoms with Crippen LogP contribution in [0.2, 0.25) is 9.36 Å². The fraction of sp³-hybridized carbons (Fsp3) is 0.312. The topological polar surface area (TPSA) is 119 Å². The standard InChI is InChI=1S/C16H13Cl2N3O5S3/c17-11-4-14(28-15(11)18)29(25,26)21(7-13(22)23)12-1-2-20(16(12)24)6-9-3-10(5-19)27-8-9/h3-4,8,12H,1-2,6-7H2,(H,22,23)/t12-/m0/s1. The van der Waals surface area contributed by atoms with Crippen LogP contribution in [0.15, 0.2) is 21.7 Å². The number of likely N-dealkylation sites (tertiary alicyclic amines) is 1. The Balaban J connectivity index is 1.86. The van der Waals surface area contributed by atoms with E-state index in [1.54, 1.807) is 11.4 Å². The van der Waals surface area contributed by atoms with E-state index in [0.717, 1.165) is 11.6 Å². The van der Waals surface area contributed by atoms with Gasteiger partial charge in [-0.1, -0.05) is 23.2 Å². The van der Waals surface area contributed by atoms with Crippen LogP contribution in [-0.2, 0) is 26.2 Å². The summed E-state index contributed by atoms with van der Waals surface area (Å²) in [6, 6.07) is 3.67. The molecule has 1 amide bonds. The number of aliphatic carboxylic acids is 1. The Hall–Kier alpha value is -1.68. The maximum atomic E-state index is 13.0. The molecule has 29 heavy (non-hydrogen) atoms. The van der Waals surface area contributed by atoms with Crippen molar-refractivity contribution >= 4 is 67.8 Å². The summed E-state index contributed by atoms with van der Waals surface area (Å²) in [7, 11) is -4.30. The molecule has 0 spiro atoms. The molecule has 1 atom stereocenters. The number of rotatable bonds is 7. The van der Waals surface area contributed by atoms with Crippen molar-refractivity contribution < 1.29 is 23.1 Å². The molecule has 0 radical (unpaired) electrons. The van der Waals surface area contributed by atoms with Gasteiger partial charge in [0.2, 0.25) is 5.91 Å². The molecule has 1 aliphatic heterocycles. The summed E-state index contributed by atoms with van der Waals surface area (Å²) >= 11 is 13.6. The summed E-state index contributed by atoms with van der Waals surface area (Å²) in [4.78, 5) is 26.2. The Bertz CT molecular complexity index is 1090. The number of amides is 1. The Labute approximate surface area is 184 Å². The van der Waals surface area contributed by atoms with E-state index < -0.39 is 34.5 Å². The van der Waals surface area contributed by atoms with Gasteiger partial charge in [0.25, 0.3) is 10.0 Å². The van der Waals surface area contributed by atoms with Gasteiger partial charge in [-0.2, -0.15) is 9.57 Å². The molecule has 0 aromatic carbocycles. The average molecular weight is 494 g/mol. The van der Waals surface area contributed by atoms with Crippen LogP contribution in [0, 0.1) is 11.3 Å². The Kier molecular flexibility index (Phi) is 6.52. The van der Waals surface area contributed by atoms with Gasteiger partial charge in [0, 0.05) is 13.1 Å². The number of carboxylic acids is 1. The third kappa shape index (κ3) is 4.58. The van der Waals surface area contributed by atoms with Gasteiger partial charge in [-0.15, -0.1) is 22.7 Å². The molecule has 0 aliphatic carbocycles. The molecule has 13 heteroatoms. The number of nitrogens with zero attached hydrogens (tertiary/aromatic N) is 3. The zero-order valence-corrected chi connectivity index (χ0v) is 18.5. The molecule has 1 fully saturated rings. The molecule has 8 nitrogen and oxygen atoms in total. The maximum absolute atomic E-state index is 13.0. The highest BCUT2D eigenvalue weighted by molar-refractivity contribution is 7.91. The van der Waals surface area contributed by atoms with Crippen LogP contribution in [0.25, 0.3) is 0 Å². The van der Waals surface area contributed by atoms with Gasteiger partial charge in [-0.25, -0.2) is 8.42 Å². The van der Waals surface area contributed by atoms with Crippen molar-refractivity contribution in [2.75, 3.05) is 13.1 Å². The summed E-state index contributed by atoms with van der Waals surface area (Å²) in [5.74, 6) is -1.88. The lowest BCUT2D eigenvalue weighted by Gasteiger charge is -2.25. The third-order valence-corrected chi connectivity index (χ3v) is 9.28. The van der Waals surface area contributed by atoms with Crippen LogP contribution in [-0.4, -0.2) is 53.7 Å². The molecular formula is C16H13Cl2N3O5S3. The lowest BCUT2D eigenvalue weighted by atomic mass is 10.2. The Morgan fingerprint density at radius 1 is 1.41 bits per heavy atom. The first-order chi connectivity index (χ1) is 13.6. The fourth-order valence-electron chi connectivity index (χ4n) is 2.95. The summed E-state index contributed by atoms with van der Waals surface area (Å²) in [5.41, 5.74) is 0.755. The summed E-state index contributed by atoms with van der Waals surface area (Å²) in [6.45, 7) is -0.388. The van der Waals surface area contributed by atoms with E-state index in [1.165, 1.54) is 16.2 Å². The lowest BCUT2D eigenvalue weighted by Crippen LogP contribution is -2.47. The molecule has 1 aliphatic rings. The van der Waals surface area contributed by atoms with E-state index in [4.69, 9.17) is 28.5 Å². The minimum absolute atomic E-state index is 0.0376. The average Bonchev–Trinajstić information content (AvgIpc) is 3.34. The molecule has 0 bridgehead atoms. The quantitative estimate of drug-likeness (QED) is 0.633. The zero-order valence-electron chi connectivity index (χ0n) is 14.5. The number of sulfonamides is 1. The monoisotopic (exact) mass is 493 g/mol. The van der Waals surface area contributed by atoms with E-state index >= 15 is 0 Å². The fourth-order valence-corrected chi connectivity index (χ4v) is 7.22. The van der Waals surface area contributed by atoms with Crippen LogP contribution < -0.4 is 0 Å². The molecule has 1 saturated heterocycles.